The highest BCUT2D eigenvalue weighted by Gasteiger charge is 2.31. The molecule has 152 valence electrons. The van der Waals surface area contributed by atoms with Crippen LogP contribution in [0.4, 0.5) is 0 Å². The molecule has 4 rings (SSSR count). The number of hydrogen-bond acceptors (Lipinski definition) is 2. The standard InChI is InChI=1S/C25H31NO2Si/c1-6-28-25(27)24-17(2)23-19-13-10-14-20(19)26(16-18-11-8-7-9-12-18)21(23)15-22(24)29(3,4)5/h7-9,11-12,15H,6,10,13-14,16H2,1-5H3. The first-order valence-electron chi connectivity index (χ1n) is 10.7. The van der Waals surface area contributed by atoms with Crippen LogP contribution in [0, 0.1) is 6.92 Å². The molecule has 0 amide bonds. The van der Waals surface area contributed by atoms with Gasteiger partial charge in [-0.1, -0.05) is 50.0 Å². The van der Waals surface area contributed by atoms with E-state index in [2.05, 4.69) is 67.5 Å². The number of carbonyl (C=O) groups is 1. The predicted octanol–water partition coefficient (Wildman–Crippen LogP) is 5.21. The van der Waals surface area contributed by atoms with Crippen molar-refractivity contribution in [2.24, 2.45) is 0 Å². The van der Waals surface area contributed by atoms with E-state index in [0.717, 1.165) is 30.5 Å². The highest BCUT2D eigenvalue weighted by atomic mass is 28.3. The fourth-order valence-corrected chi connectivity index (χ4v) is 6.45. The fraction of sp³-hybridized carbons (Fsp3) is 0.400. The molecule has 0 aliphatic heterocycles. The zero-order valence-electron chi connectivity index (χ0n) is 18.3. The molecule has 1 aromatic heterocycles. The fourth-order valence-electron chi connectivity index (χ4n) is 4.84. The van der Waals surface area contributed by atoms with Crippen LogP contribution >= 0.6 is 0 Å². The number of benzene rings is 2. The van der Waals surface area contributed by atoms with Gasteiger partial charge in [-0.25, -0.2) is 4.79 Å². The van der Waals surface area contributed by atoms with Gasteiger partial charge in [0.25, 0.3) is 0 Å². The van der Waals surface area contributed by atoms with Crippen LogP contribution in [0.2, 0.25) is 19.6 Å². The van der Waals surface area contributed by atoms with Crippen molar-refractivity contribution in [3.05, 3.63) is 64.3 Å². The molecule has 0 fully saturated rings. The van der Waals surface area contributed by atoms with Gasteiger partial charge in [-0.3, -0.25) is 0 Å². The maximum atomic E-state index is 13.0. The molecule has 0 bridgehead atoms. The second-order valence-corrected chi connectivity index (χ2v) is 14.2. The van der Waals surface area contributed by atoms with Crippen LogP contribution in [0.15, 0.2) is 36.4 Å². The Morgan fingerprint density at radius 3 is 2.52 bits per heavy atom. The topological polar surface area (TPSA) is 31.2 Å². The van der Waals surface area contributed by atoms with Crippen molar-refractivity contribution in [1.82, 2.24) is 4.57 Å². The number of ether oxygens (including phenoxy) is 1. The van der Waals surface area contributed by atoms with Crippen molar-refractivity contribution in [3.8, 4) is 0 Å². The second kappa shape index (κ2) is 7.49. The molecular formula is C25H31NO2Si. The van der Waals surface area contributed by atoms with Crippen LogP contribution < -0.4 is 5.19 Å². The molecule has 3 aromatic rings. The number of fused-ring (bicyclic) bond motifs is 3. The van der Waals surface area contributed by atoms with Gasteiger partial charge in [0.05, 0.1) is 20.2 Å². The van der Waals surface area contributed by atoms with Gasteiger partial charge in [0, 0.05) is 23.1 Å². The summed E-state index contributed by atoms with van der Waals surface area (Å²) in [6, 6.07) is 13.0. The molecule has 1 aliphatic carbocycles. The number of aromatic nitrogens is 1. The number of esters is 1. The smallest absolute Gasteiger partial charge is 0.338 e. The van der Waals surface area contributed by atoms with Crippen molar-refractivity contribution in [1.29, 1.82) is 0 Å². The summed E-state index contributed by atoms with van der Waals surface area (Å²) in [7, 11) is -1.75. The first kappa shape index (κ1) is 20.0. The third-order valence-electron chi connectivity index (χ3n) is 6.13. The lowest BCUT2D eigenvalue weighted by molar-refractivity contribution is 0.0527. The summed E-state index contributed by atoms with van der Waals surface area (Å²) in [6.07, 6.45) is 3.41. The Hall–Kier alpha value is -2.33. The third-order valence-corrected chi connectivity index (χ3v) is 8.15. The van der Waals surface area contributed by atoms with E-state index in [9.17, 15) is 4.79 Å². The van der Waals surface area contributed by atoms with Crippen LogP contribution in [-0.4, -0.2) is 25.2 Å². The molecule has 0 atom stereocenters. The molecule has 0 N–H and O–H groups in total. The summed E-state index contributed by atoms with van der Waals surface area (Å²) in [4.78, 5) is 13.0. The van der Waals surface area contributed by atoms with E-state index in [4.69, 9.17) is 4.74 Å². The minimum absolute atomic E-state index is 0.160. The quantitative estimate of drug-likeness (QED) is 0.431. The van der Waals surface area contributed by atoms with Gasteiger partial charge in [0.1, 0.15) is 0 Å². The summed E-state index contributed by atoms with van der Waals surface area (Å²) in [5.74, 6) is -0.160. The van der Waals surface area contributed by atoms with E-state index in [1.54, 1.807) is 0 Å². The van der Waals surface area contributed by atoms with Crippen molar-refractivity contribution >= 4 is 30.1 Å². The first-order valence-corrected chi connectivity index (χ1v) is 14.2. The van der Waals surface area contributed by atoms with Crippen LogP contribution in [-0.2, 0) is 24.1 Å². The molecule has 3 nitrogen and oxygen atoms in total. The molecule has 0 unspecified atom stereocenters. The van der Waals surface area contributed by atoms with Gasteiger partial charge >= 0.3 is 5.97 Å². The van der Waals surface area contributed by atoms with Crippen molar-refractivity contribution in [3.63, 3.8) is 0 Å². The average molecular weight is 406 g/mol. The zero-order valence-corrected chi connectivity index (χ0v) is 19.3. The molecule has 1 aliphatic rings. The van der Waals surface area contributed by atoms with Gasteiger partial charge < -0.3 is 9.30 Å². The maximum Gasteiger partial charge on any atom is 0.338 e. The van der Waals surface area contributed by atoms with Crippen molar-refractivity contribution < 1.29 is 9.53 Å². The van der Waals surface area contributed by atoms with Crippen molar-refractivity contribution in [2.45, 2.75) is 59.3 Å². The molecule has 2 aromatic carbocycles. The van der Waals surface area contributed by atoms with E-state index < -0.39 is 8.07 Å². The monoisotopic (exact) mass is 405 g/mol. The molecule has 4 heteroatoms. The molecule has 1 heterocycles. The first-order chi connectivity index (χ1) is 13.8. The number of aryl methyl sites for hydroxylation is 2. The summed E-state index contributed by atoms with van der Waals surface area (Å²) < 4.78 is 8.00. The van der Waals surface area contributed by atoms with Gasteiger partial charge in [0.2, 0.25) is 0 Å². The Bertz CT molecular complexity index is 1070. The maximum absolute atomic E-state index is 13.0. The van der Waals surface area contributed by atoms with Crippen LogP contribution in [0.25, 0.3) is 10.9 Å². The highest BCUT2D eigenvalue weighted by Crippen LogP contribution is 2.37. The number of rotatable bonds is 5. The van der Waals surface area contributed by atoms with Crippen molar-refractivity contribution in [2.75, 3.05) is 6.61 Å². The Kier molecular flexibility index (Phi) is 5.15. The van der Waals surface area contributed by atoms with E-state index in [0.29, 0.717) is 6.61 Å². The lowest BCUT2D eigenvalue weighted by atomic mass is 10.0. The van der Waals surface area contributed by atoms with E-state index >= 15 is 0 Å². The van der Waals surface area contributed by atoms with Crippen LogP contribution in [0.3, 0.4) is 0 Å². The summed E-state index contributed by atoms with van der Waals surface area (Å²) >= 11 is 0. The van der Waals surface area contributed by atoms with E-state index in [1.807, 2.05) is 6.92 Å². The highest BCUT2D eigenvalue weighted by molar-refractivity contribution is 6.89. The predicted molar refractivity (Wildman–Crippen MR) is 123 cm³/mol. The third kappa shape index (κ3) is 3.44. The number of carbonyl (C=O) groups excluding carboxylic acids is 1. The Labute approximate surface area is 174 Å². The summed E-state index contributed by atoms with van der Waals surface area (Å²) in [5.41, 5.74) is 7.45. The summed E-state index contributed by atoms with van der Waals surface area (Å²) in [5, 5.41) is 2.50. The molecular weight excluding hydrogens is 374 g/mol. The van der Waals surface area contributed by atoms with Gasteiger partial charge in [-0.2, -0.15) is 0 Å². The van der Waals surface area contributed by atoms with E-state index in [1.165, 1.54) is 39.3 Å². The number of nitrogens with zero attached hydrogens (tertiary/aromatic N) is 1. The number of hydrogen-bond donors (Lipinski definition) is 0. The molecule has 0 saturated heterocycles. The molecule has 0 radical (unpaired) electrons. The summed E-state index contributed by atoms with van der Waals surface area (Å²) in [6.45, 7) is 12.2. The minimum Gasteiger partial charge on any atom is -0.462 e. The molecule has 0 spiro atoms. The Morgan fingerprint density at radius 1 is 1.14 bits per heavy atom. The van der Waals surface area contributed by atoms with Gasteiger partial charge in [-0.05, 0) is 61.1 Å². The normalized spacial score (nSPS) is 13.7. The molecule has 29 heavy (non-hydrogen) atoms. The molecule has 0 saturated carbocycles. The van der Waals surface area contributed by atoms with E-state index in [-0.39, 0.29) is 5.97 Å². The lowest BCUT2D eigenvalue weighted by Gasteiger charge is -2.23. The Morgan fingerprint density at radius 2 is 1.86 bits per heavy atom. The zero-order chi connectivity index (χ0) is 20.8. The lowest BCUT2D eigenvalue weighted by Crippen LogP contribution is -2.42. The van der Waals surface area contributed by atoms with Gasteiger partial charge in [0.15, 0.2) is 0 Å². The van der Waals surface area contributed by atoms with Crippen LogP contribution in [0.1, 0.15) is 46.1 Å². The average Bonchev–Trinajstić information content (AvgIpc) is 3.24. The SMILES string of the molecule is CCOC(=O)c1c([Si](C)(C)C)cc2c(c1C)c1c(n2Cc2ccccc2)CCC1. The Balaban J connectivity index is 2.01. The van der Waals surface area contributed by atoms with Crippen LogP contribution in [0.5, 0.6) is 0 Å². The van der Waals surface area contributed by atoms with Gasteiger partial charge in [-0.15, -0.1) is 0 Å². The second-order valence-electron chi connectivity index (χ2n) is 9.14. The minimum atomic E-state index is -1.75. The largest absolute Gasteiger partial charge is 0.462 e.